The molecule has 0 amide bonds. The Morgan fingerprint density at radius 2 is 2.07 bits per heavy atom. The molecule has 2 rings (SSSR count). The van der Waals surface area contributed by atoms with Crippen LogP contribution in [-0.2, 0) is 0 Å². The summed E-state index contributed by atoms with van der Waals surface area (Å²) in [5.41, 5.74) is -0.337. The van der Waals surface area contributed by atoms with Gasteiger partial charge in [-0.25, -0.2) is 0 Å². The normalized spacial score (nSPS) is 32.4. The van der Waals surface area contributed by atoms with E-state index in [0.717, 1.165) is 32.0 Å². The van der Waals surface area contributed by atoms with Gasteiger partial charge in [-0.3, -0.25) is 4.90 Å². The lowest BCUT2D eigenvalue weighted by molar-refractivity contribution is 0.0372. The molecule has 1 saturated heterocycles. The summed E-state index contributed by atoms with van der Waals surface area (Å²) in [6, 6.07) is 0.828. The van der Waals surface area contributed by atoms with E-state index >= 15 is 0 Å². The summed E-state index contributed by atoms with van der Waals surface area (Å²) < 4.78 is 0. The van der Waals surface area contributed by atoms with Gasteiger partial charge < -0.3 is 5.11 Å². The largest absolute Gasteiger partial charge is 0.389 e. The summed E-state index contributed by atoms with van der Waals surface area (Å²) in [4.78, 5) is 2.50. The molecule has 1 unspecified atom stereocenters. The number of hydrogen-bond donors (Lipinski definition) is 1. The molecular weight excluding hydrogens is 186 g/mol. The zero-order valence-corrected chi connectivity index (χ0v) is 10.0. The highest BCUT2D eigenvalue weighted by Crippen LogP contribution is 2.35. The minimum absolute atomic E-state index is 0.337. The van der Waals surface area contributed by atoms with Crippen molar-refractivity contribution in [2.24, 2.45) is 0 Å². The second kappa shape index (κ2) is 4.84. The van der Waals surface area contributed by atoms with Crippen LogP contribution in [-0.4, -0.2) is 34.7 Å². The third-order valence-corrected chi connectivity index (χ3v) is 3.92. The van der Waals surface area contributed by atoms with Gasteiger partial charge in [-0.15, -0.1) is 0 Å². The molecule has 2 heteroatoms. The molecule has 2 fully saturated rings. The van der Waals surface area contributed by atoms with Crippen LogP contribution in [0.5, 0.6) is 0 Å². The maximum Gasteiger partial charge on any atom is 0.0786 e. The van der Waals surface area contributed by atoms with E-state index in [0.29, 0.717) is 0 Å². The molecule has 2 aliphatic rings. The van der Waals surface area contributed by atoms with E-state index < -0.39 is 0 Å². The van der Waals surface area contributed by atoms with E-state index in [1.807, 2.05) is 0 Å². The maximum atomic E-state index is 10.4. The van der Waals surface area contributed by atoms with Crippen LogP contribution in [0.15, 0.2) is 0 Å². The third kappa shape index (κ3) is 3.18. The number of β-amino-alcohol motifs (C(OH)–C–C–N with tert-alkyl or cyclic N) is 1. The Hall–Kier alpha value is -0.0800. The van der Waals surface area contributed by atoms with Gasteiger partial charge in [0.25, 0.3) is 0 Å². The van der Waals surface area contributed by atoms with E-state index in [1.165, 1.54) is 38.5 Å². The molecule has 1 atom stereocenters. The predicted molar refractivity (Wildman–Crippen MR) is 62.9 cm³/mol. The molecule has 1 saturated carbocycles. The first kappa shape index (κ1) is 11.4. The highest BCUT2D eigenvalue weighted by Gasteiger charge is 2.41. The monoisotopic (exact) mass is 211 g/mol. The van der Waals surface area contributed by atoms with Crippen molar-refractivity contribution < 1.29 is 5.11 Å². The first-order valence-corrected chi connectivity index (χ1v) is 6.70. The zero-order chi connectivity index (χ0) is 10.7. The fourth-order valence-electron chi connectivity index (χ4n) is 2.72. The fourth-order valence-corrected chi connectivity index (χ4v) is 2.72. The summed E-state index contributed by atoms with van der Waals surface area (Å²) in [5.74, 6) is 0. The number of aliphatic hydroxyl groups is 1. The number of rotatable bonds is 6. The Bertz CT molecular complexity index is 203. The Morgan fingerprint density at radius 3 is 2.73 bits per heavy atom. The third-order valence-electron chi connectivity index (χ3n) is 3.92. The maximum absolute atomic E-state index is 10.4. The van der Waals surface area contributed by atoms with Gasteiger partial charge in [0.15, 0.2) is 0 Å². The first-order valence-electron chi connectivity index (χ1n) is 6.70. The average molecular weight is 211 g/mol. The molecule has 1 aliphatic heterocycles. The van der Waals surface area contributed by atoms with Crippen molar-refractivity contribution in [1.29, 1.82) is 0 Å². The molecule has 2 nitrogen and oxygen atoms in total. The smallest absolute Gasteiger partial charge is 0.0786 e. The van der Waals surface area contributed by atoms with Crippen molar-refractivity contribution in [3.8, 4) is 0 Å². The van der Waals surface area contributed by atoms with Crippen molar-refractivity contribution in [2.45, 2.75) is 69.9 Å². The van der Waals surface area contributed by atoms with Gasteiger partial charge in [0, 0.05) is 19.1 Å². The summed E-state index contributed by atoms with van der Waals surface area (Å²) in [5, 5.41) is 10.4. The van der Waals surface area contributed by atoms with Gasteiger partial charge in [-0.2, -0.15) is 0 Å². The van der Waals surface area contributed by atoms with Crippen LogP contribution >= 0.6 is 0 Å². The number of hydrogen-bond acceptors (Lipinski definition) is 2. The van der Waals surface area contributed by atoms with E-state index in [9.17, 15) is 5.11 Å². The van der Waals surface area contributed by atoms with Crippen molar-refractivity contribution in [3.63, 3.8) is 0 Å². The summed E-state index contributed by atoms with van der Waals surface area (Å²) in [7, 11) is 0. The van der Waals surface area contributed by atoms with Crippen molar-refractivity contribution in [2.75, 3.05) is 13.1 Å². The lowest BCUT2D eigenvalue weighted by Crippen LogP contribution is -2.33. The molecule has 1 N–H and O–H groups in total. The Labute approximate surface area is 93.7 Å². The molecule has 0 aromatic rings. The molecule has 0 bridgehead atoms. The van der Waals surface area contributed by atoms with Crippen molar-refractivity contribution in [3.05, 3.63) is 0 Å². The summed E-state index contributed by atoms with van der Waals surface area (Å²) in [6.07, 6.45) is 9.88. The fraction of sp³-hybridized carbons (Fsp3) is 1.00. The number of likely N-dealkylation sites (tertiary alicyclic amines) is 1. The van der Waals surface area contributed by atoms with Gasteiger partial charge in [0.2, 0.25) is 0 Å². The highest BCUT2D eigenvalue weighted by molar-refractivity contribution is 4.96. The van der Waals surface area contributed by atoms with Gasteiger partial charge in [0.1, 0.15) is 0 Å². The van der Waals surface area contributed by atoms with Crippen LogP contribution in [0.3, 0.4) is 0 Å². The number of nitrogens with zero attached hydrogens (tertiary/aromatic N) is 1. The second-order valence-corrected chi connectivity index (χ2v) is 5.49. The quantitative estimate of drug-likeness (QED) is 0.683. The first-order chi connectivity index (χ1) is 7.23. The Kier molecular flexibility index (Phi) is 3.68. The predicted octanol–water partition coefficient (Wildman–Crippen LogP) is 2.56. The molecule has 0 aromatic heterocycles. The standard InChI is InChI=1S/C13H25NO/c1-2-3-4-5-8-13(15)9-10-14(11-13)12-6-7-12/h12,15H,2-11H2,1H3. The summed E-state index contributed by atoms with van der Waals surface area (Å²) in [6.45, 7) is 4.32. The van der Waals surface area contributed by atoms with E-state index in [2.05, 4.69) is 11.8 Å². The Morgan fingerprint density at radius 1 is 1.27 bits per heavy atom. The molecule has 0 spiro atoms. The Balaban J connectivity index is 1.66. The molecular formula is C13H25NO. The molecule has 15 heavy (non-hydrogen) atoms. The molecule has 0 aromatic carbocycles. The zero-order valence-electron chi connectivity index (χ0n) is 10.0. The van der Waals surface area contributed by atoms with Crippen LogP contribution in [0.1, 0.15) is 58.3 Å². The van der Waals surface area contributed by atoms with Crippen LogP contribution in [0.2, 0.25) is 0 Å². The molecule has 0 radical (unpaired) electrons. The van der Waals surface area contributed by atoms with Crippen LogP contribution in [0, 0.1) is 0 Å². The minimum Gasteiger partial charge on any atom is -0.389 e. The SMILES string of the molecule is CCCCCCC1(O)CCN(C2CC2)C1. The summed E-state index contributed by atoms with van der Waals surface area (Å²) >= 11 is 0. The molecule has 1 aliphatic carbocycles. The van der Waals surface area contributed by atoms with Crippen LogP contribution in [0.4, 0.5) is 0 Å². The van der Waals surface area contributed by atoms with Gasteiger partial charge in [0.05, 0.1) is 5.60 Å². The van der Waals surface area contributed by atoms with Gasteiger partial charge in [-0.1, -0.05) is 32.6 Å². The second-order valence-electron chi connectivity index (χ2n) is 5.49. The van der Waals surface area contributed by atoms with Gasteiger partial charge >= 0.3 is 0 Å². The van der Waals surface area contributed by atoms with E-state index in [1.54, 1.807) is 0 Å². The highest BCUT2D eigenvalue weighted by atomic mass is 16.3. The lowest BCUT2D eigenvalue weighted by atomic mass is 9.95. The van der Waals surface area contributed by atoms with Gasteiger partial charge in [-0.05, 0) is 25.7 Å². The van der Waals surface area contributed by atoms with E-state index in [-0.39, 0.29) is 5.60 Å². The number of unbranched alkanes of at least 4 members (excludes halogenated alkanes) is 3. The van der Waals surface area contributed by atoms with E-state index in [4.69, 9.17) is 0 Å². The topological polar surface area (TPSA) is 23.5 Å². The molecule has 88 valence electrons. The van der Waals surface area contributed by atoms with Crippen molar-refractivity contribution >= 4 is 0 Å². The molecule has 1 heterocycles. The van der Waals surface area contributed by atoms with Crippen molar-refractivity contribution in [1.82, 2.24) is 4.90 Å². The average Bonchev–Trinajstić information content (AvgIpc) is 2.99. The van der Waals surface area contributed by atoms with Crippen LogP contribution in [0.25, 0.3) is 0 Å². The van der Waals surface area contributed by atoms with Crippen LogP contribution < -0.4 is 0 Å². The lowest BCUT2D eigenvalue weighted by Gasteiger charge is -2.23. The minimum atomic E-state index is -0.337.